The summed E-state index contributed by atoms with van der Waals surface area (Å²) in [4.78, 5) is 8.11. The van der Waals surface area contributed by atoms with E-state index in [-0.39, 0.29) is 0 Å². The number of para-hydroxylation sites is 1. The van der Waals surface area contributed by atoms with Gasteiger partial charge in [-0.05, 0) is 34.0 Å². The minimum Gasteiger partial charge on any atom is -0.383 e. The lowest BCUT2D eigenvalue weighted by Gasteiger charge is -2.12. The van der Waals surface area contributed by atoms with Crippen LogP contribution in [-0.2, 0) is 6.42 Å². The second-order valence-corrected chi connectivity index (χ2v) is 4.75. The van der Waals surface area contributed by atoms with Crippen LogP contribution in [0, 0.1) is 0 Å². The minimum absolute atomic E-state index is 0.431. The summed E-state index contributed by atoms with van der Waals surface area (Å²) in [5, 5.41) is 3.29. The molecule has 1 heterocycles. The summed E-state index contributed by atoms with van der Waals surface area (Å²) >= 11 is 3.39. The molecule has 0 saturated heterocycles. The quantitative estimate of drug-likeness (QED) is 0.907. The fourth-order valence-electron chi connectivity index (χ4n) is 1.73. The third-order valence-electron chi connectivity index (χ3n) is 2.61. The van der Waals surface area contributed by atoms with Gasteiger partial charge in [0.1, 0.15) is 22.4 Å². The van der Waals surface area contributed by atoms with Gasteiger partial charge >= 0.3 is 0 Å². The molecule has 0 aliphatic carbocycles. The molecule has 0 amide bonds. The Kier molecular flexibility index (Phi) is 4.15. The molecule has 0 fully saturated rings. The number of hydrogen-bond acceptors (Lipinski definition) is 4. The van der Waals surface area contributed by atoms with Crippen molar-refractivity contribution in [3.8, 4) is 0 Å². The zero-order valence-electron chi connectivity index (χ0n) is 10.2. The molecule has 2 rings (SSSR count). The van der Waals surface area contributed by atoms with Crippen LogP contribution < -0.4 is 11.1 Å². The van der Waals surface area contributed by atoms with Crippen LogP contribution >= 0.6 is 15.9 Å². The molecule has 0 aliphatic rings. The number of nitrogen functional groups attached to an aromatic ring is 1. The van der Waals surface area contributed by atoms with Gasteiger partial charge in [0.15, 0.2) is 0 Å². The molecule has 0 radical (unpaired) electrons. The van der Waals surface area contributed by atoms with Gasteiger partial charge in [-0.1, -0.05) is 31.5 Å². The van der Waals surface area contributed by atoms with Gasteiger partial charge in [-0.25, -0.2) is 9.97 Å². The molecular formula is C13H15BrN4. The Morgan fingerprint density at radius 3 is 2.83 bits per heavy atom. The summed E-state index contributed by atoms with van der Waals surface area (Å²) in [6, 6.07) is 8.19. The van der Waals surface area contributed by atoms with Crippen molar-refractivity contribution < 1.29 is 0 Å². The van der Waals surface area contributed by atoms with Gasteiger partial charge in [0, 0.05) is 5.69 Å². The first-order valence-electron chi connectivity index (χ1n) is 5.83. The number of nitrogens with one attached hydrogen (secondary N) is 1. The number of anilines is 3. The van der Waals surface area contributed by atoms with E-state index in [0.717, 1.165) is 18.5 Å². The van der Waals surface area contributed by atoms with E-state index in [4.69, 9.17) is 5.73 Å². The van der Waals surface area contributed by atoms with Gasteiger partial charge in [0.25, 0.3) is 0 Å². The fourth-order valence-corrected chi connectivity index (χ4v) is 2.03. The lowest BCUT2D eigenvalue weighted by atomic mass is 10.1. The van der Waals surface area contributed by atoms with Crippen LogP contribution in [0.15, 0.2) is 35.1 Å². The molecule has 0 saturated carbocycles. The Labute approximate surface area is 115 Å². The molecule has 0 atom stereocenters. The van der Waals surface area contributed by atoms with E-state index in [0.29, 0.717) is 16.1 Å². The predicted octanol–water partition coefficient (Wildman–Crippen LogP) is 3.52. The molecule has 0 spiro atoms. The van der Waals surface area contributed by atoms with Crippen molar-refractivity contribution in [3.63, 3.8) is 0 Å². The van der Waals surface area contributed by atoms with E-state index in [9.17, 15) is 0 Å². The largest absolute Gasteiger partial charge is 0.383 e. The summed E-state index contributed by atoms with van der Waals surface area (Å²) in [5.74, 6) is 1.12. The van der Waals surface area contributed by atoms with Crippen molar-refractivity contribution in [1.82, 2.24) is 9.97 Å². The highest BCUT2D eigenvalue weighted by Gasteiger charge is 2.08. The summed E-state index contributed by atoms with van der Waals surface area (Å²) in [7, 11) is 0. The Morgan fingerprint density at radius 2 is 2.06 bits per heavy atom. The zero-order chi connectivity index (χ0) is 13.0. The maximum absolute atomic E-state index is 5.73. The Balaban J connectivity index is 2.31. The number of nitrogens with zero attached hydrogens (tertiary/aromatic N) is 2. The third-order valence-corrected chi connectivity index (χ3v) is 3.39. The van der Waals surface area contributed by atoms with E-state index < -0.39 is 0 Å². The smallest absolute Gasteiger partial charge is 0.150 e. The summed E-state index contributed by atoms with van der Waals surface area (Å²) in [5.41, 5.74) is 8.05. The van der Waals surface area contributed by atoms with Gasteiger partial charge in [-0.15, -0.1) is 0 Å². The highest BCUT2D eigenvalue weighted by atomic mass is 79.9. The van der Waals surface area contributed by atoms with E-state index in [1.807, 2.05) is 18.2 Å². The monoisotopic (exact) mass is 306 g/mol. The first-order chi connectivity index (χ1) is 8.72. The number of nitrogens with two attached hydrogens (primary N) is 1. The maximum atomic E-state index is 5.73. The SMILES string of the molecule is CCCc1ccccc1Nc1ncnc(N)c1Br. The van der Waals surface area contributed by atoms with Crippen molar-refractivity contribution >= 4 is 33.3 Å². The molecule has 4 nitrogen and oxygen atoms in total. The highest BCUT2D eigenvalue weighted by molar-refractivity contribution is 9.10. The maximum Gasteiger partial charge on any atom is 0.150 e. The van der Waals surface area contributed by atoms with Crippen LogP contribution in [-0.4, -0.2) is 9.97 Å². The number of aromatic nitrogens is 2. The summed E-state index contributed by atoms with van der Waals surface area (Å²) in [6.07, 6.45) is 3.58. The summed E-state index contributed by atoms with van der Waals surface area (Å²) in [6.45, 7) is 2.16. The number of rotatable bonds is 4. The van der Waals surface area contributed by atoms with Crippen molar-refractivity contribution in [2.75, 3.05) is 11.1 Å². The minimum atomic E-state index is 0.431. The molecule has 94 valence electrons. The number of halogens is 1. The van der Waals surface area contributed by atoms with Gasteiger partial charge in [-0.2, -0.15) is 0 Å². The molecule has 18 heavy (non-hydrogen) atoms. The number of benzene rings is 1. The standard InChI is InChI=1S/C13H15BrN4/c1-2-5-9-6-3-4-7-10(9)18-13-11(14)12(15)16-8-17-13/h3-4,6-8H,2,5H2,1H3,(H3,15,16,17,18). The predicted molar refractivity (Wildman–Crippen MR) is 77.9 cm³/mol. The molecule has 3 N–H and O–H groups in total. The van der Waals surface area contributed by atoms with Crippen molar-refractivity contribution in [2.24, 2.45) is 0 Å². The Morgan fingerprint density at radius 1 is 1.28 bits per heavy atom. The van der Waals surface area contributed by atoms with Crippen molar-refractivity contribution in [2.45, 2.75) is 19.8 Å². The lowest BCUT2D eigenvalue weighted by Crippen LogP contribution is -2.01. The van der Waals surface area contributed by atoms with Crippen LogP contribution in [0.3, 0.4) is 0 Å². The molecular weight excluding hydrogens is 292 g/mol. The van der Waals surface area contributed by atoms with Crippen LogP contribution in [0.5, 0.6) is 0 Å². The van der Waals surface area contributed by atoms with Crippen LogP contribution in [0.25, 0.3) is 0 Å². The summed E-state index contributed by atoms with van der Waals surface area (Å²) < 4.78 is 0.691. The van der Waals surface area contributed by atoms with Crippen LogP contribution in [0.2, 0.25) is 0 Å². The molecule has 0 unspecified atom stereocenters. The normalized spacial score (nSPS) is 10.3. The first-order valence-corrected chi connectivity index (χ1v) is 6.62. The van der Waals surface area contributed by atoms with Gasteiger partial charge in [0.2, 0.25) is 0 Å². The lowest BCUT2D eigenvalue weighted by molar-refractivity contribution is 0.923. The number of aryl methyl sites for hydroxylation is 1. The second-order valence-electron chi connectivity index (χ2n) is 3.95. The average Bonchev–Trinajstić information content (AvgIpc) is 2.37. The van der Waals surface area contributed by atoms with Gasteiger partial charge < -0.3 is 11.1 Å². The Bertz CT molecular complexity index is 542. The second kappa shape index (κ2) is 5.82. The molecule has 2 aromatic rings. The van der Waals surface area contributed by atoms with E-state index >= 15 is 0 Å². The van der Waals surface area contributed by atoms with Gasteiger partial charge in [0.05, 0.1) is 0 Å². The van der Waals surface area contributed by atoms with Crippen molar-refractivity contribution in [1.29, 1.82) is 0 Å². The highest BCUT2D eigenvalue weighted by Crippen LogP contribution is 2.28. The molecule has 5 heteroatoms. The van der Waals surface area contributed by atoms with Gasteiger partial charge in [-0.3, -0.25) is 0 Å². The number of hydrogen-bond donors (Lipinski definition) is 2. The third kappa shape index (κ3) is 2.79. The zero-order valence-corrected chi connectivity index (χ0v) is 11.7. The average molecular weight is 307 g/mol. The fraction of sp³-hybridized carbons (Fsp3) is 0.231. The molecule has 1 aromatic heterocycles. The van der Waals surface area contributed by atoms with Crippen LogP contribution in [0.4, 0.5) is 17.3 Å². The molecule has 0 bridgehead atoms. The topological polar surface area (TPSA) is 63.8 Å². The van der Waals surface area contributed by atoms with E-state index in [1.54, 1.807) is 0 Å². The van der Waals surface area contributed by atoms with E-state index in [1.165, 1.54) is 11.9 Å². The van der Waals surface area contributed by atoms with E-state index in [2.05, 4.69) is 44.2 Å². The first kappa shape index (κ1) is 12.8. The van der Waals surface area contributed by atoms with Crippen LogP contribution in [0.1, 0.15) is 18.9 Å². The van der Waals surface area contributed by atoms with Crippen molar-refractivity contribution in [3.05, 3.63) is 40.6 Å². The molecule has 1 aromatic carbocycles. The Hall–Kier alpha value is -1.62. The molecule has 0 aliphatic heterocycles.